The number of carboxylic acids is 2. The summed E-state index contributed by atoms with van der Waals surface area (Å²) < 4.78 is 1.09. The van der Waals surface area contributed by atoms with Gasteiger partial charge in [0.1, 0.15) is 5.01 Å². The second kappa shape index (κ2) is 12.8. The first kappa shape index (κ1) is 30.1. The van der Waals surface area contributed by atoms with Crippen molar-refractivity contribution in [1.29, 1.82) is 0 Å². The number of fused-ring (bicyclic) bond motifs is 4. The number of nitrogens with zero attached hydrogens (tertiary/aromatic N) is 1. The smallest absolute Gasteiger partial charge is 0.303 e. The van der Waals surface area contributed by atoms with Gasteiger partial charge in [-0.25, -0.2) is 4.98 Å². The monoisotopic (exact) mass is 589 g/mol. The summed E-state index contributed by atoms with van der Waals surface area (Å²) in [6.07, 6.45) is 2.45. The molecule has 1 aliphatic carbocycles. The van der Waals surface area contributed by atoms with Crippen LogP contribution in [0.25, 0.3) is 31.9 Å². The molecule has 3 aromatic carbocycles. The van der Waals surface area contributed by atoms with Crippen LogP contribution in [0.5, 0.6) is 0 Å². The Kier molecular flexibility index (Phi) is 9.40. The van der Waals surface area contributed by atoms with Crippen molar-refractivity contribution in [2.75, 3.05) is 11.9 Å². The van der Waals surface area contributed by atoms with Crippen molar-refractivity contribution in [3.63, 3.8) is 0 Å². The highest BCUT2D eigenvalue weighted by atomic mass is 32.1. The van der Waals surface area contributed by atoms with Crippen LogP contribution in [0, 0.1) is 0 Å². The Morgan fingerprint density at radius 2 is 1.61 bits per heavy atom. The predicted octanol–water partition coefficient (Wildman–Crippen LogP) is 7.68. The summed E-state index contributed by atoms with van der Waals surface area (Å²) in [6, 6.07) is 20.2. The van der Waals surface area contributed by atoms with Crippen LogP contribution in [-0.4, -0.2) is 38.8 Å². The summed E-state index contributed by atoms with van der Waals surface area (Å²) in [6.45, 7) is 2.89. The van der Waals surface area contributed by atoms with E-state index in [9.17, 15) is 19.8 Å². The van der Waals surface area contributed by atoms with Gasteiger partial charge < -0.3 is 20.8 Å². The van der Waals surface area contributed by atoms with Crippen molar-refractivity contribution < 1.29 is 19.8 Å². The van der Waals surface area contributed by atoms with Gasteiger partial charge in [0.05, 0.1) is 10.2 Å². The summed E-state index contributed by atoms with van der Waals surface area (Å²) >= 11 is 7.09. The number of benzene rings is 3. The number of thiocarbonyl (C=S) groups is 1. The third-order valence-corrected chi connectivity index (χ3v) is 8.84. The summed E-state index contributed by atoms with van der Waals surface area (Å²) in [5.41, 5.74) is 5.69. The average molecular weight is 590 g/mol. The first-order chi connectivity index (χ1) is 19.3. The van der Waals surface area contributed by atoms with Crippen LogP contribution >= 0.6 is 23.6 Å². The largest absolute Gasteiger partial charge is 0.481 e. The van der Waals surface area contributed by atoms with Crippen molar-refractivity contribution in [2.24, 2.45) is 0 Å². The average Bonchev–Trinajstić information content (AvgIpc) is 3.48. The standard InChI is InChI=1S/C31H31N3O4S2.CH4/c1-2-3-16-32-30(39)33-20-9-11-22-21-10-8-19(29-34-25-6-4-5-7-26(25)40-29)17-23(21)31(24(22)18-20,14-12-27(35)36)15-13-28(37)38;/h4-11,17-18H,2-3,12-16H2,1H3,(H,35,36)(H,37,38)(H2,32,33,39);1H4. The number of anilines is 1. The number of thiazole rings is 1. The Balaban J connectivity index is 0.00000387. The molecule has 0 amide bonds. The molecule has 0 fully saturated rings. The van der Waals surface area contributed by atoms with Gasteiger partial charge in [0, 0.05) is 36.1 Å². The summed E-state index contributed by atoms with van der Waals surface area (Å²) in [5, 5.41) is 27.2. The number of aliphatic carboxylic acids is 2. The van der Waals surface area contributed by atoms with E-state index < -0.39 is 17.4 Å². The van der Waals surface area contributed by atoms with E-state index in [4.69, 9.17) is 17.2 Å². The maximum absolute atomic E-state index is 11.8. The molecule has 1 aromatic heterocycles. The maximum Gasteiger partial charge on any atom is 0.303 e. The summed E-state index contributed by atoms with van der Waals surface area (Å²) in [5.74, 6) is -1.83. The molecule has 0 spiro atoms. The van der Waals surface area contributed by atoms with Gasteiger partial charge >= 0.3 is 11.9 Å². The van der Waals surface area contributed by atoms with Crippen LogP contribution in [0.3, 0.4) is 0 Å². The van der Waals surface area contributed by atoms with E-state index in [1.165, 1.54) is 0 Å². The molecule has 0 unspecified atom stereocenters. The zero-order valence-electron chi connectivity index (χ0n) is 22.2. The molecule has 1 heterocycles. The fourth-order valence-electron chi connectivity index (χ4n) is 5.56. The van der Waals surface area contributed by atoms with E-state index in [1.807, 2.05) is 48.5 Å². The van der Waals surface area contributed by atoms with Gasteiger partial charge in [-0.3, -0.25) is 9.59 Å². The Labute approximate surface area is 249 Å². The van der Waals surface area contributed by atoms with E-state index in [0.29, 0.717) is 5.11 Å². The number of aromatic nitrogens is 1. The zero-order chi connectivity index (χ0) is 28.3. The van der Waals surface area contributed by atoms with Crippen LogP contribution < -0.4 is 10.6 Å². The summed E-state index contributed by atoms with van der Waals surface area (Å²) in [4.78, 5) is 28.5. The number of carboxylic acid groups (broad SMARTS) is 2. The Morgan fingerprint density at radius 1 is 0.951 bits per heavy atom. The van der Waals surface area contributed by atoms with E-state index in [2.05, 4.69) is 29.7 Å². The lowest BCUT2D eigenvalue weighted by Crippen LogP contribution is -2.30. The number of hydrogen-bond donors (Lipinski definition) is 4. The van der Waals surface area contributed by atoms with Gasteiger partial charge in [-0.15, -0.1) is 11.3 Å². The molecule has 0 radical (unpaired) electrons. The summed E-state index contributed by atoms with van der Waals surface area (Å²) in [7, 11) is 0. The van der Waals surface area contributed by atoms with Crippen molar-refractivity contribution in [1.82, 2.24) is 10.3 Å². The minimum absolute atomic E-state index is 0. The van der Waals surface area contributed by atoms with Gasteiger partial charge in [-0.1, -0.05) is 51.1 Å². The van der Waals surface area contributed by atoms with Gasteiger partial charge in [-0.05, 0) is 84.1 Å². The molecule has 9 heteroatoms. The highest BCUT2D eigenvalue weighted by Gasteiger charge is 2.44. The van der Waals surface area contributed by atoms with Crippen molar-refractivity contribution >= 4 is 56.5 Å². The number of carbonyl (C=O) groups is 2. The Hall–Kier alpha value is -3.82. The molecule has 5 rings (SSSR count). The zero-order valence-corrected chi connectivity index (χ0v) is 23.8. The van der Waals surface area contributed by atoms with Crippen LogP contribution in [0.2, 0.25) is 0 Å². The van der Waals surface area contributed by atoms with Gasteiger partial charge in [0.25, 0.3) is 0 Å². The van der Waals surface area contributed by atoms with Gasteiger partial charge in [-0.2, -0.15) is 0 Å². The quantitative estimate of drug-likeness (QED) is 0.104. The number of hydrogen-bond acceptors (Lipinski definition) is 5. The molecule has 0 saturated carbocycles. The van der Waals surface area contributed by atoms with Crippen LogP contribution in [0.15, 0.2) is 60.7 Å². The fraction of sp³-hybridized carbons (Fsp3) is 0.312. The highest BCUT2D eigenvalue weighted by Crippen LogP contribution is 2.55. The minimum atomic E-state index is -0.914. The number of rotatable bonds is 11. The van der Waals surface area contributed by atoms with E-state index in [0.717, 1.165) is 68.1 Å². The Bertz CT molecular complexity index is 1550. The molecule has 0 bridgehead atoms. The second-order valence-corrected chi connectivity index (χ2v) is 11.6. The lowest BCUT2D eigenvalue weighted by atomic mass is 9.71. The first-order valence-electron chi connectivity index (χ1n) is 13.4. The van der Waals surface area contributed by atoms with E-state index in [-0.39, 0.29) is 33.1 Å². The highest BCUT2D eigenvalue weighted by molar-refractivity contribution is 7.80. The molecule has 0 atom stereocenters. The van der Waals surface area contributed by atoms with Crippen molar-refractivity contribution in [2.45, 2.75) is 58.3 Å². The van der Waals surface area contributed by atoms with Crippen LogP contribution in [-0.2, 0) is 15.0 Å². The molecule has 4 N–H and O–H groups in total. The molecule has 4 aromatic rings. The number of nitrogens with one attached hydrogen (secondary N) is 2. The van der Waals surface area contributed by atoms with Gasteiger partial charge in [0.2, 0.25) is 0 Å². The molecule has 0 aliphatic heterocycles. The topological polar surface area (TPSA) is 112 Å². The minimum Gasteiger partial charge on any atom is -0.481 e. The lowest BCUT2D eigenvalue weighted by Gasteiger charge is -2.32. The Morgan fingerprint density at radius 3 is 2.27 bits per heavy atom. The third-order valence-electron chi connectivity index (χ3n) is 7.51. The van der Waals surface area contributed by atoms with E-state index in [1.54, 1.807) is 11.3 Å². The van der Waals surface area contributed by atoms with Gasteiger partial charge in [0.15, 0.2) is 5.11 Å². The normalized spacial score (nSPS) is 12.7. The predicted molar refractivity (Wildman–Crippen MR) is 171 cm³/mol. The molecular weight excluding hydrogens is 555 g/mol. The van der Waals surface area contributed by atoms with E-state index >= 15 is 0 Å². The molecular formula is C32H35N3O4S2. The van der Waals surface area contributed by atoms with Crippen molar-refractivity contribution in [3.05, 3.63) is 71.8 Å². The van der Waals surface area contributed by atoms with Crippen molar-refractivity contribution in [3.8, 4) is 21.7 Å². The van der Waals surface area contributed by atoms with Crippen LogP contribution in [0.1, 0.15) is 64.0 Å². The first-order valence-corrected chi connectivity index (χ1v) is 14.7. The molecule has 7 nitrogen and oxygen atoms in total. The third kappa shape index (κ3) is 6.26. The second-order valence-electron chi connectivity index (χ2n) is 10.1. The molecule has 1 aliphatic rings. The maximum atomic E-state index is 11.8. The lowest BCUT2D eigenvalue weighted by molar-refractivity contribution is -0.137. The molecule has 214 valence electrons. The fourth-order valence-corrected chi connectivity index (χ4v) is 6.74. The van der Waals surface area contributed by atoms with Crippen LogP contribution in [0.4, 0.5) is 5.69 Å². The SMILES string of the molecule is C.CCCCNC(=S)Nc1ccc2c(c1)C(CCC(=O)O)(CCC(=O)O)c1cc(-c3nc4ccccc4s3)ccc1-2. The number of para-hydroxylation sites is 1. The molecule has 0 saturated heterocycles. The molecule has 41 heavy (non-hydrogen) atoms. The number of unbranched alkanes of at least 4 members (excludes halogenated alkanes) is 1.